The number of aryl methyl sites for hydroxylation is 1. The van der Waals surface area contributed by atoms with Gasteiger partial charge < -0.3 is 19.4 Å². The first-order valence-corrected chi connectivity index (χ1v) is 11.0. The van der Waals surface area contributed by atoms with E-state index in [1.165, 1.54) is 12.1 Å². The third kappa shape index (κ3) is 6.11. The first-order valence-electron chi connectivity index (χ1n) is 11.0. The minimum absolute atomic E-state index is 0.146. The highest BCUT2D eigenvalue weighted by atomic mass is 19.1. The van der Waals surface area contributed by atoms with Crippen LogP contribution in [0.5, 0.6) is 5.75 Å². The smallest absolute Gasteiger partial charge is 0.342 e. The van der Waals surface area contributed by atoms with E-state index in [4.69, 9.17) is 9.47 Å². The van der Waals surface area contributed by atoms with Crippen LogP contribution in [0.4, 0.5) is 4.39 Å². The molecule has 4 aromatic rings. The van der Waals surface area contributed by atoms with Crippen molar-refractivity contribution in [2.24, 2.45) is 7.05 Å². The number of nitrogens with zero attached hydrogens (tertiary/aromatic N) is 2. The fourth-order valence-electron chi connectivity index (χ4n) is 3.51. The molecule has 35 heavy (non-hydrogen) atoms. The first kappa shape index (κ1) is 23.7. The Bertz CT molecular complexity index is 1290. The molecular formula is C27H24FN3O4. The van der Waals surface area contributed by atoms with Crippen LogP contribution in [0.3, 0.4) is 0 Å². The van der Waals surface area contributed by atoms with E-state index in [2.05, 4.69) is 10.3 Å². The van der Waals surface area contributed by atoms with Crippen LogP contribution >= 0.6 is 0 Å². The number of esters is 1. The van der Waals surface area contributed by atoms with Crippen molar-refractivity contribution in [2.45, 2.75) is 12.6 Å². The molecule has 4 rings (SSSR count). The van der Waals surface area contributed by atoms with Gasteiger partial charge in [-0.15, -0.1) is 0 Å². The number of ether oxygens (including phenoxy) is 2. The molecule has 1 N–H and O–H groups in total. The Hall–Kier alpha value is -4.46. The molecule has 1 heterocycles. The number of imidazole rings is 1. The van der Waals surface area contributed by atoms with Gasteiger partial charge in [0.2, 0.25) is 0 Å². The van der Waals surface area contributed by atoms with Crippen LogP contribution in [0.2, 0.25) is 0 Å². The largest absolute Gasteiger partial charge is 0.488 e. The van der Waals surface area contributed by atoms with Gasteiger partial charge in [-0.2, -0.15) is 0 Å². The van der Waals surface area contributed by atoms with Crippen LogP contribution < -0.4 is 10.1 Å². The molecule has 0 saturated carbocycles. The van der Waals surface area contributed by atoms with E-state index in [-0.39, 0.29) is 18.0 Å². The van der Waals surface area contributed by atoms with Crippen molar-refractivity contribution in [2.75, 3.05) is 6.61 Å². The van der Waals surface area contributed by atoms with Crippen molar-refractivity contribution in [1.82, 2.24) is 14.9 Å². The predicted octanol–water partition coefficient (Wildman–Crippen LogP) is 4.20. The van der Waals surface area contributed by atoms with E-state index in [1.807, 2.05) is 41.9 Å². The van der Waals surface area contributed by atoms with Crippen molar-refractivity contribution < 1.29 is 23.5 Å². The van der Waals surface area contributed by atoms with Crippen molar-refractivity contribution in [3.8, 4) is 5.75 Å². The highest BCUT2D eigenvalue weighted by molar-refractivity contribution is 5.94. The molecule has 1 unspecified atom stereocenters. The summed E-state index contributed by atoms with van der Waals surface area (Å²) in [6, 6.07) is 21.4. The van der Waals surface area contributed by atoms with Gasteiger partial charge in [-0.25, -0.2) is 14.2 Å². The van der Waals surface area contributed by atoms with Crippen molar-refractivity contribution in [1.29, 1.82) is 0 Å². The fraction of sp³-hybridized carbons (Fsp3) is 0.148. The van der Waals surface area contributed by atoms with Gasteiger partial charge in [-0.05, 0) is 35.4 Å². The van der Waals surface area contributed by atoms with Gasteiger partial charge in [-0.1, -0.05) is 54.6 Å². The number of hydrogen-bond acceptors (Lipinski definition) is 5. The quantitative estimate of drug-likeness (QED) is 0.369. The number of benzene rings is 3. The van der Waals surface area contributed by atoms with Gasteiger partial charge in [0.25, 0.3) is 5.91 Å². The second-order valence-electron chi connectivity index (χ2n) is 7.79. The molecule has 0 spiro atoms. The van der Waals surface area contributed by atoms with Gasteiger partial charge in [0.1, 0.15) is 35.6 Å². The Morgan fingerprint density at radius 2 is 1.71 bits per heavy atom. The summed E-state index contributed by atoms with van der Waals surface area (Å²) >= 11 is 0. The Morgan fingerprint density at radius 1 is 1.00 bits per heavy atom. The van der Waals surface area contributed by atoms with Crippen molar-refractivity contribution >= 4 is 11.9 Å². The Kier molecular flexibility index (Phi) is 7.52. The maximum Gasteiger partial charge on any atom is 0.342 e. The van der Waals surface area contributed by atoms with Gasteiger partial charge in [0, 0.05) is 19.4 Å². The second kappa shape index (κ2) is 11.1. The zero-order chi connectivity index (χ0) is 24.6. The van der Waals surface area contributed by atoms with Crippen LogP contribution in [0, 0.1) is 5.82 Å². The van der Waals surface area contributed by atoms with Crippen molar-refractivity contribution in [3.63, 3.8) is 0 Å². The molecule has 1 atom stereocenters. The summed E-state index contributed by atoms with van der Waals surface area (Å²) in [5, 5.41) is 2.89. The fourth-order valence-corrected chi connectivity index (χ4v) is 3.51. The summed E-state index contributed by atoms with van der Waals surface area (Å²) in [7, 11) is 1.84. The minimum Gasteiger partial charge on any atom is -0.488 e. The number of rotatable bonds is 9. The molecule has 8 heteroatoms. The molecule has 7 nitrogen and oxygen atoms in total. The Morgan fingerprint density at radius 3 is 2.43 bits per heavy atom. The first-order chi connectivity index (χ1) is 17.0. The average molecular weight is 474 g/mol. The number of amides is 1. The van der Waals surface area contributed by atoms with Gasteiger partial charge in [-0.3, -0.25) is 4.79 Å². The van der Waals surface area contributed by atoms with Gasteiger partial charge in [0.05, 0.1) is 0 Å². The molecule has 178 valence electrons. The topological polar surface area (TPSA) is 82.5 Å². The third-order valence-electron chi connectivity index (χ3n) is 5.30. The molecule has 1 amide bonds. The molecule has 0 saturated heterocycles. The Labute approximate surface area is 202 Å². The van der Waals surface area contributed by atoms with E-state index < -0.39 is 24.5 Å². The average Bonchev–Trinajstić information content (AvgIpc) is 3.31. The van der Waals surface area contributed by atoms with Crippen LogP contribution in [-0.4, -0.2) is 28.0 Å². The maximum absolute atomic E-state index is 13.1. The monoisotopic (exact) mass is 473 g/mol. The molecule has 0 bridgehead atoms. The lowest BCUT2D eigenvalue weighted by Gasteiger charge is -2.19. The second-order valence-corrected chi connectivity index (χ2v) is 7.79. The standard InChI is InChI=1S/C27H24FN3O4/c1-31-16-15-29-26(31)25(20-7-3-2-4-8-20)30-24(32)18-35-27(33)22-9-5-6-10-23(22)34-17-19-11-13-21(28)14-12-19/h2-16,25H,17-18H2,1H3,(H,30,32). The van der Waals surface area contributed by atoms with E-state index in [1.54, 1.807) is 48.8 Å². The number of halogens is 1. The van der Waals surface area contributed by atoms with Crippen LogP contribution in [0.1, 0.15) is 33.4 Å². The zero-order valence-corrected chi connectivity index (χ0v) is 19.1. The van der Waals surface area contributed by atoms with E-state index in [9.17, 15) is 14.0 Å². The van der Waals surface area contributed by atoms with E-state index in [0.29, 0.717) is 11.6 Å². The molecule has 0 aliphatic carbocycles. The number of carbonyl (C=O) groups excluding carboxylic acids is 2. The molecule has 0 radical (unpaired) electrons. The summed E-state index contributed by atoms with van der Waals surface area (Å²) in [5.74, 6) is -0.552. The lowest BCUT2D eigenvalue weighted by Crippen LogP contribution is -2.34. The lowest BCUT2D eigenvalue weighted by atomic mass is 10.1. The highest BCUT2D eigenvalue weighted by Crippen LogP contribution is 2.22. The summed E-state index contributed by atoms with van der Waals surface area (Å²) in [6.07, 6.45) is 3.45. The Balaban J connectivity index is 1.39. The molecule has 1 aromatic heterocycles. The predicted molar refractivity (Wildman–Crippen MR) is 127 cm³/mol. The van der Waals surface area contributed by atoms with Crippen molar-refractivity contribution in [3.05, 3.63) is 120 Å². The number of nitrogens with one attached hydrogen (secondary N) is 1. The summed E-state index contributed by atoms with van der Waals surface area (Å²) in [4.78, 5) is 29.8. The lowest BCUT2D eigenvalue weighted by molar-refractivity contribution is -0.124. The number of aromatic nitrogens is 2. The van der Waals surface area contributed by atoms with Crippen LogP contribution in [0.15, 0.2) is 91.3 Å². The summed E-state index contributed by atoms with van der Waals surface area (Å²) in [6.45, 7) is -0.327. The summed E-state index contributed by atoms with van der Waals surface area (Å²) < 4.78 is 25.9. The molecule has 0 aliphatic heterocycles. The number of carbonyl (C=O) groups is 2. The highest BCUT2D eigenvalue weighted by Gasteiger charge is 2.22. The van der Waals surface area contributed by atoms with E-state index in [0.717, 1.165) is 11.1 Å². The summed E-state index contributed by atoms with van der Waals surface area (Å²) in [5.41, 5.74) is 1.78. The minimum atomic E-state index is -0.692. The molecule has 3 aromatic carbocycles. The van der Waals surface area contributed by atoms with Gasteiger partial charge >= 0.3 is 5.97 Å². The SMILES string of the molecule is Cn1ccnc1C(NC(=O)COC(=O)c1ccccc1OCc1ccc(F)cc1)c1ccccc1. The normalized spacial score (nSPS) is 11.5. The maximum atomic E-state index is 13.1. The van der Waals surface area contributed by atoms with Crippen LogP contribution in [0.25, 0.3) is 0 Å². The van der Waals surface area contributed by atoms with E-state index >= 15 is 0 Å². The van der Waals surface area contributed by atoms with Gasteiger partial charge in [0.15, 0.2) is 6.61 Å². The third-order valence-corrected chi connectivity index (χ3v) is 5.30. The molecule has 0 aliphatic rings. The zero-order valence-electron chi connectivity index (χ0n) is 19.1. The number of para-hydroxylation sites is 1. The molecule has 0 fully saturated rings. The molecular weight excluding hydrogens is 449 g/mol. The number of hydrogen-bond donors (Lipinski definition) is 1. The van der Waals surface area contributed by atoms with Crippen LogP contribution in [-0.2, 0) is 23.2 Å².